The number of nitrogens with one attached hydrogen (secondary N) is 1. The molecule has 0 fully saturated rings. The summed E-state index contributed by atoms with van der Waals surface area (Å²) in [5.74, 6) is 0.0416. The molecule has 0 amide bonds. The molecule has 4 aromatic rings. The molecule has 0 saturated carbocycles. The summed E-state index contributed by atoms with van der Waals surface area (Å²) in [4.78, 5) is 2.50. The maximum Gasteiger partial charge on any atom is 0.435 e. The number of alkyl halides is 3. The van der Waals surface area contributed by atoms with E-state index < -0.39 is 21.9 Å². The van der Waals surface area contributed by atoms with E-state index in [1.54, 1.807) is 30.3 Å². The van der Waals surface area contributed by atoms with Crippen molar-refractivity contribution in [2.45, 2.75) is 11.1 Å². The van der Waals surface area contributed by atoms with Crippen LogP contribution in [0.4, 0.5) is 13.2 Å². The number of hydrogen-bond donors (Lipinski definition) is 1. The van der Waals surface area contributed by atoms with Gasteiger partial charge in [-0.1, -0.05) is 36.4 Å². The Kier molecular flexibility index (Phi) is 4.15. The molecule has 4 rings (SSSR count). The number of furan rings is 1. The van der Waals surface area contributed by atoms with Gasteiger partial charge in [0.15, 0.2) is 11.5 Å². The van der Waals surface area contributed by atoms with E-state index in [4.69, 9.17) is 4.42 Å². The first-order valence-electron chi connectivity index (χ1n) is 7.98. The van der Waals surface area contributed by atoms with Crippen molar-refractivity contribution >= 4 is 21.0 Å². The van der Waals surface area contributed by atoms with Crippen LogP contribution in [0.2, 0.25) is 0 Å². The van der Waals surface area contributed by atoms with Gasteiger partial charge in [0, 0.05) is 11.5 Å². The first-order chi connectivity index (χ1) is 13.2. The van der Waals surface area contributed by atoms with Crippen molar-refractivity contribution in [1.29, 1.82) is 0 Å². The molecule has 2 aromatic heterocycles. The van der Waals surface area contributed by atoms with E-state index in [9.17, 15) is 21.6 Å². The zero-order chi connectivity index (χ0) is 19.9. The highest BCUT2D eigenvalue weighted by molar-refractivity contribution is 7.92. The Hall–Kier alpha value is -3.27. The van der Waals surface area contributed by atoms with Gasteiger partial charge in [-0.25, -0.2) is 0 Å². The molecule has 0 saturated heterocycles. The fourth-order valence-corrected chi connectivity index (χ4v) is 3.63. The van der Waals surface area contributed by atoms with Crippen LogP contribution in [0.1, 0.15) is 5.69 Å². The molecule has 0 unspecified atom stereocenters. The van der Waals surface area contributed by atoms with Crippen LogP contribution in [-0.2, 0) is 16.2 Å². The zero-order valence-corrected chi connectivity index (χ0v) is 14.8. The second-order valence-electron chi connectivity index (χ2n) is 5.88. The van der Waals surface area contributed by atoms with Gasteiger partial charge in [0.05, 0.1) is 4.90 Å². The van der Waals surface area contributed by atoms with Crippen LogP contribution in [0.25, 0.3) is 22.4 Å². The lowest BCUT2D eigenvalue weighted by Gasteiger charge is -2.10. The average Bonchev–Trinajstić information content (AvgIpc) is 3.25. The van der Waals surface area contributed by atoms with Gasteiger partial charge in [0.2, 0.25) is 0 Å². The Morgan fingerprint density at radius 2 is 1.64 bits per heavy atom. The van der Waals surface area contributed by atoms with E-state index in [-0.39, 0.29) is 16.3 Å². The van der Waals surface area contributed by atoms with Gasteiger partial charge in [-0.05, 0) is 24.3 Å². The summed E-state index contributed by atoms with van der Waals surface area (Å²) in [6, 6.07) is 16.3. The molecule has 0 aliphatic carbocycles. The number of sulfonamides is 1. The Bertz CT molecular complexity index is 1210. The Morgan fingerprint density at radius 3 is 2.32 bits per heavy atom. The van der Waals surface area contributed by atoms with E-state index in [0.717, 1.165) is 6.07 Å². The van der Waals surface area contributed by atoms with Gasteiger partial charge in [-0.3, -0.25) is 0 Å². The molecule has 0 spiro atoms. The Morgan fingerprint density at radius 1 is 0.964 bits per heavy atom. The van der Waals surface area contributed by atoms with E-state index >= 15 is 0 Å². The van der Waals surface area contributed by atoms with E-state index in [1.807, 2.05) is 0 Å². The molecule has 2 heterocycles. The van der Waals surface area contributed by atoms with Gasteiger partial charge in [0.25, 0.3) is 10.0 Å². The summed E-state index contributed by atoms with van der Waals surface area (Å²) in [7, 11) is -4.16. The largest absolute Gasteiger partial charge is 0.454 e. The summed E-state index contributed by atoms with van der Waals surface area (Å²) in [5.41, 5.74) is -0.980. The van der Waals surface area contributed by atoms with Crippen molar-refractivity contribution in [3.63, 3.8) is 0 Å². The molecule has 0 aliphatic rings. The highest BCUT2D eigenvalue weighted by atomic mass is 32.2. The highest BCUT2D eigenvalue weighted by Crippen LogP contribution is 2.33. The minimum atomic E-state index is -4.76. The van der Waals surface area contributed by atoms with E-state index in [1.165, 1.54) is 30.3 Å². The number of benzene rings is 2. The van der Waals surface area contributed by atoms with Crippen molar-refractivity contribution in [3.8, 4) is 11.5 Å². The van der Waals surface area contributed by atoms with Crippen LogP contribution in [-0.4, -0.2) is 18.3 Å². The number of para-hydroxylation sites is 1. The minimum Gasteiger partial charge on any atom is -0.454 e. The number of nitrogens with zero attached hydrogens (tertiary/aromatic N) is 2. The Labute approximate surface area is 157 Å². The normalized spacial score (nSPS) is 12.4. The first kappa shape index (κ1) is 18.1. The second kappa shape index (κ2) is 6.41. The summed E-state index contributed by atoms with van der Waals surface area (Å²) in [6.45, 7) is 0. The molecular formula is C18H12F3N3O3S. The predicted octanol–water partition coefficient (Wildman–Crippen LogP) is 4.25. The summed E-state index contributed by atoms with van der Waals surface area (Å²) in [5, 5.41) is 4.04. The standard InChI is InChI=1S/C18H12F3N3O3S/c19-18(20,21)17-11-14(16-10-12-6-4-5-9-15(12)27-16)24(22-17)23-28(25,26)13-7-2-1-3-8-13/h1-11,23H. The van der Waals surface area contributed by atoms with Gasteiger partial charge in [-0.15, -0.1) is 5.10 Å². The van der Waals surface area contributed by atoms with Crippen LogP contribution in [0.3, 0.4) is 0 Å². The molecule has 0 radical (unpaired) electrons. The number of aromatic nitrogens is 2. The number of hydrogen-bond acceptors (Lipinski definition) is 4. The fraction of sp³-hybridized carbons (Fsp3) is 0.0556. The first-order valence-corrected chi connectivity index (χ1v) is 9.46. The maximum atomic E-state index is 13.2. The van der Waals surface area contributed by atoms with Crippen molar-refractivity contribution in [2.75, 3.05) is 4.83 Å². The monoisotopic (exact) mass is 407 g/mol. The van der Waals surface area contributed by atoms with Gasteiger partial charge >= 0.3 is 6.18 Å². The molecule has 0 aliphatic heterocycles. The number of fused-ring (bicyclic) bond motifs is 1. The lowest BCUT2D eigenvalue weighted by molar-refractivity contribution is -0.141. The smallest absolute Gasteiger partial charge is 0.435 e. The van der Waals surface area contributed by atoms with Crippen LogP contribution in [0.5, 0.6) is 0 Å². The average molecular weight is 407 g/mol. The predicted molar refractivity (Wildman–Crippen MR) is 95.4 cm³/mol. The number of halogens is 3. The molecule has 6 nitrogen and oxygen atoms in total. The Balaban J connectivity index is 1.83. The lowest BCUT2D eigenvalue weighted by atomic mass is 10.2. The number of rotatable bonds is 4. The van der Waals surface area contributed by atoms with Crippen LogP contribution >= 0.6 is 0 Å². The van der Waals surface area contributed by atoms with Crippen molar-refractivity contribution in [1.82, 2.24) is 9.89 Å². The minimum absolute atomic E-state index is 0.0416. The summed E-state index contributed by atoms with van der Waals surface area (Å²) >= 11 is 0. The fourth-order valence-electron chi connectivity index (χ4n) is 2.64. The highest BCUT2D eigenvalue weighted by Gasteiger charge is 2.36. The molecule has 144 valence electrons. The summed E-state index contributed by atoms with van der Waals surface area (Å²) < 4.78 is 70.2. The third-order valence-corrected chi connectivity index (χ3v) is 5.24. The molecule has 1 N–H and O–H groups in total. The van der Waals surface area contributed by atoms with Gasteiger partial charge in [-0.2, -0.15) is 31.2 Å². The van der Waals surface area contributed by atoms with E-state index in [0.29, 0.717) is 15.8 Å². The SMILES string of the molecule is O=S(=O)(Nn1nc(C(F)(F)F)cc1-c1cc2ccccc2o1)c1ccccc1. The third kappa shape index (κ3) is 3.33. The van der Waals surface area contributed by atoms with Crippen LogP contribution in [0.15, 0.2) is 76.0 Å². The van der Waals surface area contributed by atoms with Gasteiger partial charge in [0.1, 0.15) is 11.3 Å². The van der Waals surface area contributed by atoms with Crippen molar-refractivity contribution in [3.05, 3.63) is 72.4 Å². The van der Waals surface area contributed by atoms with Crippen molar-refractivity contribution < 1.29 is 26.0 Å². The third-order valence-electron chi connectivity index (χ3n) is 3.94. The maximum absolute atomic E-state index is 13.2. The van der Waals surface area contributed by atoms with Gasteiger partial charge < -0.3 is 4.42 Å². The zero-order valence-electron chi connectivity index (χ0n) is 14.0. The summed E-state index contributed by atoms with van der Waals surface area (Å²) in [6.07, 6.45) is -4.76. The molecule has 0 bridgehead atoms. The van der Waals surface area contributed by atoms with Crippen LogP contribution in [0, 0.1) is 0 Å². The lowest BCUT2D eigenvalue weighted by Crippen LogP contribution is -2.25. The van der Waals surface area contributed by atoms with E-state index in [2.05, 4.69) is 9.93 Å². The second-order valence-corrected chi connectivity index (χ2v) is 7.54. The molecule has 0 atom stereocenters. The molecular weight excluding hydrogens is 395 g/mol. The van der Waals surface area contributed by atoms with Crippen molar-refractivity contribution in [2.24, 2.45) is 0 Å². The topological polar surface area (TPSA) is 77.1 Å². The van der Waals surface area contributed by atoms with Crippen LogP contribution < -0.4 is 4.83 Å². The quantitative estimate of drug-likeness (QED) is 0.549. The molecule has 28 heavy (non-hydrogen) atoms. The molecule has 10 heteroatoms. The molecule has 2 aromatic carbocycles.